The Kier molecular flexibility index (Phi) is 7.66. The summed E-state index contributed by atoms with van der Waals surface area (Å²) in [6.45, 7) is 11.5. The number of thiophene rings is 1. The molecule has 0 spiro atoms. The number of nitrogens with one attached hydrogen (secondary N) is 1. The van der Waals surface area contributed by atoms with Crippen molar-refractivity contribution >= 4 is 34.6 Å². The van der Waals surface area contributed by atoms with E-state index in [0.29, 0.717) is 60.1 Å². The van der Waals surface area contributed by atoms with Gasteiger partial charge < -0.3 is 10.4 Å². The van der Waals surface area contributed by atoms with Crippen LogP contribution in [0.3, 0.4) is 0 Å². The highest BCUT2D eigenvalue weighted by Crippen LogP contribution is 2.68. The van der Waals surface area contributed by atoms with E-state index in [1.54, 1.807) is 11.3 Å². The van der Waals surface area contributed by atoms with Gasteiger partial charge in [0.15, 0.2) is 0 Å². The predicted molar refractivity (Wildman–Crippen MR) is 150 cm³/mol. The number of Topliss-reactive ketones (excluding diaryl/α,β-unsaturated/α-hetero) is 1. The molecule has 5 rings (SSSR count). The fraction of sp³-hybridized carbons (Fsp3) is 0.806. The van der Waals surface area contributed by atoms with Crippen molar-refractivity contribution in [3.8, 4) is 0 Å². The molecule has 2 N–H and O–H groups in total. The summed E-state index contributed by atoms with van der Waals surface area (Å²) < 4.78 is 0.758. The van der Waals surface area contributed by atoms with Crippen LogP contribution in [0.4, 0.5) is 0 Å². The first kappa shape index (κ1) is 27.6. The summed E-state index contributed by atoms with van der Waals surface area (Å²) in [5.74, 6) is 3.37. The highest BCUT2D eigenvalue weighted by Gasteiger charge is 2.63. The summed E-state index contributed by atoms with van der Waals surface area (Å²) in [7, 11) is 0. The van der Waals surface area contributed by atoms with Crippen LogP contribution in [0.15, 0.2) is 12.1 Å². The van der Waals surface area contributed by atoms with Crippen molar-refractivity contribution in [2.75, 3.05) is 0 Å². The number of carbonyl (C=O) groups is 2. The van der Waals surface area contributed by atoms with Gasteiger partial charge in [0.2, 0.25) is 5.91 Å². The summed E-state index contributed by atoms with van der Waals surface area (Å²) in [5, 5.41) is 14.8. The van der Waals surface area contributed by atoms with E-state index in [2.05, 4.69) is 39.9 Å². The van der Waals surface area contributed by atoms with Crippen molar-refractivity contribution in [3.05, 3.63) is 21.3 Å². The van der Waals surface area contributed by atoms with Gasteiger partial charge in [-0.3, -0.25) is 9.59 Å². The third-order valence-electron chi connectivity index (χ3n) is 11.7. The maximum atomic E-state index is 13.3. The Hall–Kier alpha value is -0.910. The van der Waals surface area contributed by atoms with Gasteiger partial charge in [0.05, 0.1) is 16.5 Å². The number of ketones is 1. The van der Waals surface area contributed by atoms with Gasteiger partial charge in [-0.2, -0.15) is 0 Å². The van der Waals surface area contributed by atoms with E-state index in [4.69, 9.17) is 11.6 Å². The van der Waals surface area contributed by atoms with Crippen LogP contribution < -0.4 is 5.32 Å². The van der Waals surface area contributed by atoms with Gasteiger partial charge in [0.25, 0.3) is 0 Å². The molecule has 1 amide bonds. The van der Waals surface area contributed by atoms with E-state index in [0.717, 1.165) is 47.7 Å². The van der Waals surface area contributed by atoms with Gasteiger partial charge in [0.1, 0.15) is 5.78 Å². The number of hydrogen-bond acceptors (Lipinski definition) is 4. The number of rotatable bonds is 6. The Labute approximate surface area is 232 Å². The SMILES string of the molecule is CC(C)[C@H](NC(=O)C[C@@H](C)[C@H]1CC[C@H]2[C@@H]3[C@H](O)C[C@@H]4CC(=O)CC[C@]4(C)[C@H]3CC[C@]12C)c1ccc(Cl)s1. The van der Waals surface area contributed by atoms with Crippen molar-refractivity contribution in [1.82, 2.24) is 5.32 Å². The molecule has 0 unspecified atom stereocenters. The fourth-order valence-corrected chi connectivity index (χ4v) is 11.0. The zero-order valence-electron chi connectivity index (χ0n) is 23.3. The standard InChI is InChI=1S/C31H46ClNO3S/c1-17(2)29(25-8-9-26(32)37-25)33-27(36)14-18(3)21-6-7-22-28-23(11-13-31(21,22)5)30(4)12-10-20(34)15-19(30)16-24(28)35/h8-9,17-19,21-24,28-29,35H,6-7,10-16H2,1-5H3,(H,33,36)/t18-,19+,21-,22+,23+,24-,28+,29+,30+,31-/m1/s1. The zero-order valence-corrected chi connectivity index (χ0v) is 24.8. The second-order valence-electron chi connectivity index (χ2n) is 13.9. The van der Waals surface area contributed by atoms with Crippen molar-refractivity contribution in [2.24, 2.45) is 52.3 Å². The number of carbonyl (C=O) groups excluding carboxylic acids is 2. The normalized spacial score (nSPS) is 41.0. The molecule has 4 aliphatic carbocycles. The van der Waals surface area contributed by atoms with Gasteiger partial charge in [-0.05, 0) is 103 Å². The zero-order chi connectivity index (χ0) is 26.7. The molecule has 1 aromatic rings. The van der Waals surface area contributed by atoms with Crippen molar-refractivity contribution in [2.45, 2.75) is 105 Å². The smallest absolute Gasteiger partial charge is 0.220 e. The third-order valence-corrected chi connectivity index (χ3v) is 13.0. The second-order valence-corrected chi connectivity index (χ2v) is 15.6. The van der Waals surface area contributed by atoms with Crippen LogP contribution in [-0.4, -0.2) is 22.9 Å². The number of aliphatic hydroxyl groups excluding tert-OH is 1. The lowest BCUT2D eigenvalue weighted by Gasteiger charge is -2.61. The Bertz CT molecular complexity index is 1020. The van der Waals surface area contributed by atoms with Crippen LogP contribution in [0.25, 0.3) is 0 Å². The number of hydrogen-bond donors (Lipinski definition) is 2. The molecule has 6 heteroatoms. The number of amides is 1. The number of halogens is 1. The summed E-state index contributed by atoms with van der Waals surface area (Å²) in [6.07, 6.45) is 8.09. The number of aliphatic hydroxyl groups is 1. The molecule has 0 radical (unpaired) electrons. The molecule has 4 nitrogen and oxygen atoms in total. The highest BCUT2D eigenvalue weighted by atomic mass is 35.5. The van der Waals surface area contributed by atoms with Crippen molar-refractivity contribution in [3.63, 3.8) is 0 Å². The molecule has 10 atom stereocenters. The van der Waals surface area contributed by atoms with Crippen LogP contribution >= 0.6 is 22.9 Å². The highest BCUT2D eigenvalue weighted by molar-refractivity contribution is 7.16. The lowest BCUT2D eigenvalue weighted by Crippen LogP contribution is -2.58. The molecule has 1 aromatic heterocycles. The molecule has 37 heavy (non-hydrogen) atoms. The Morgan fingerprint density at radius 2 is 1.86 bits per heavy atom. The topological polar surface area (TPSA) is 66.4 Å². The summed E-state index contributed by atoms with van der Waals surface area (Å²) in [5.41, 5.74) is 0.369. The molecular formula is C31H46ClNO3S. The Balaban J connectivity index is 1.28. The molecular weight excluding hydrogens is 502 g/mol. The largest absolute Gasteiger partial charge is 0.393 e. The minimum absolute atomic E-state index is 0.00648. The van der Waals surface area contributed by atoms with Gasteiger partial charge in [-0.25, -0.2) is 0 Å². The minimum Gasteiger partial charge on any atom is -0.393 e. The van der Waals surface area contributed by atoms with Crippen LogP contribution in [0, 0.1) is 52.3 Å². The van der Waals surface area contributed by atoms with Gasteiger partial charge in [0, 0.05) is 24.1 Å². The van der Waals surface area contributed by atoms with Crippen LogP contribution in [-0.2, 0) is 9.59 Å². The molecule has 0 bridgehead atoms. The Morgan fingerprint density at radius 3 is 2.54 bits per heavy atom. The second kappa shape index (κ2) is 10.2. The molecule has 206 valence electrons. The van der Waals surface area contributed by atoms with E-state index in [9.17, 15) is 14.7 Å². The van der Waals surface area contributed by atoms with Crippen LogP contribution in [0.5, 0.6) is 0 Å². The summed E-state index contributed by atoms with van der Waals surface area (Å²) >= 11 is 7.73. The van der Waals surface area contributed by atoms with Crippen LogP contribution in [0.2, 0.25) is 4.34 Å². The first-order valence-corrected chi connectivity index (χ1v) is 15.9. The first-order chi connectivity index (χ1) is 17.4. The molecule has 4 fully saturated rings. The molecule has 1 heterocycles. The number of fused-ring (bicyclic) bond motifs is 5. The quantitative estimate of drug-likeness (QED) is 0.389. The molecule has 0 aliphatic heterocycles. The van der Waals surface area contributed by atoms with E-state index >= 15 is 0 Å². The van der Waals surface area contributed by atoms with Crippen LogP contribution in [0.1, 0.15) is 103 Å². The Morgan fingerprint density at radius 1 is 1.14 bits per heavy atom. The van der Waals surface area contributed by atoms with Crippen molar-refractivity contribution < 1.29 is 14.7 Å². The lowest BCUT2D eigenvalue weighted by molar-refractivity contribution is -0.169. The average Bonchev–Trinajstić information content (AvgIpc) is 3.41. The third kappa shape index (κ3) is 4.84. The van der Waals surface area contributed by atoms with Gasteiger partial charge in [-0.1, -0.05) is 46.2 Å². The molecule has 0 saturated heterocycles. The van der Waals surface area contributed by atoms with Gasteiger partial charge in [-0.15, -0.1) is 11.3 Å². The maximum absolute atomic E-state index is 13.3. The molecule has 0 aromatic carbocycles. The van der Waals surface area contributed by atoms with Gasteiger partial charge >= 0.3 is 0 Å². The summed E-state index contributed by atoms with van der Waals surface area (Å²) in [6, 6.07) is 3.94. The summed E-state index contributed by atoms with van der Waals surface area (Å²) in [4.78, 5) is 26.6. The lowest BCUT2D eigenvalue weighted by atomic mass is 9.44. The van der Waals surface area contributed by atoms with E-state index < -0.39 is 0 Å². The minimum atomic E-state index is -0.291. The molecule has 4 saturated carbocycles. The van der Waals surface area contributed by atoms with E-state index in [1.807, 2.05) is 12.1 Å². The first-order valence-electron chi connectivity index (χ1n) is 14.7. The van der Waals surface area contributed by atoms with E-state index in [-0.39, 0.29) is 28.9 Å². The maximum Gasteiger partial charge on any atom is 0.220 e. The van der Waals surface area contributed by atoms with E-state index in [1.165, 1.54) is 6.42 Å². The molecule has 4 aliphatic rings. The van der Waals surface area contributed by atoms with Crippen molar-refractivity contribution in [1.29, 1.82) is 0 Å². The average molecular weight is 548 g/mol. The monoisotopic (exact) mass is 547 g/mol. The predicted octanol–water partition coefficient (Wildman–Crippen LogP) is 7.44. The fourth-order valence-electron chi connectivity index (χ4n) is 9.72.